The molecule has 4 aromatic rings. The van der Waals surface area contributed by atoms with Crippen LogP contribution in [0.4, 0.5) is 18.0 Å². The van der Waals surface area contributed by atoms with Gasteiger partial charge in [0.15, 0.2) is 0 Å². The van der Waals surface area contributed by atoms with Crippen molar-refractivity contribution < 1.29 is 36.3 Å². The van der Waals surface area contributed by atoms with E-state index in [0.717, 1.165) is 11.6 Å². The number of aromatic amines is 1. The van der Waals surface area contributed by atoms with Crippen molar-refractivity contribution in [1.82, 2.24) is 19.5 Å². The maximum Gasteiger partial charge on any atom is 0.417 e. The Morgan fingerprint density at radius 2 is 1.59 bits per heavy atom. The highest BCUT2D eigenvalue weighted by Crippen LogP contribution is 2.38. The molecule has 1 aliphatic carbocycles. The number of carbonyl (C=O) groups excluding carboxylic acids is 1. The van der Waals surface area contributed by atoms with Gasteiger partial charge >= 0.3 is 12.3 Å². The first-order valence-corrected chi connectivity index (χ1v) is 16.5. The molecule has 1 saturated heterocycles. The summed E-state index contributed by atoms with van der Waals surface area (Å²) >= 11 is 0. The predicted molar refractivity (Wildman–Crippen MR) is 165 cm³/mol. The van der Waals surface area contributed by atoms with Crippen LogP contribution in [0.3, 0.4) is 0 Å². The number of hydrogen-bond acceptors (Lipinski definition) is 4. The predicted octanol–water partition coefficient (Wildman–Crippen LogP) is 6.25. The fourth-order valence-corrected chi connectivity index (χ4v) is 7.88. The Morgan fingerprint density at radius 3 is 2.28 bits per heavy atom. The van der Waals surface area contributed by atoms with Crippen LogP contribution < -0.4 is 4.72 Å². The molecule has 1 aliphatic heterocycles. The molecular weight excluding hydrogens is 621 g/mol. The van der Waals surface area contributed by atoms with Gasteiger partial charge in [0.2, 0.25) is 15.9 Å². The van der Waals surface area contributed by atoms with Crippen LogP contribution in [0.5, 0.6) is 0 Å². The quantitative estimate of drug-likeness (QED) is 0.227. The van der Waals surface area contributed by atoms with Crippen molar-refractivity contribution in [2.75, 3.05) is 19.6 Å². The highest BCUT2D eigenvalue weighted by atomic mass is 32.2. The van der Waals surface area contributed by atoms with Gasteiger partial charge in [0.05, 0.1) is 16.5 Å². The molecule has 242 valence electrons. The minimum Gasteiger partial charge on any atom is -0.465 e. The first-order chi connectivity index (χ1) is 21.9. The van der Waals surface area contributed by atoms with Crippen molar-refractivity contribution in [3.63, 3.8) is 0 Å². The zero-order chi connectivity index (χ0) is 32.6. The van der Waals surface area contributed by atoms with Crippen LogP contribution >= 0.6 is 0 Å². The Morgan fingerprint density at radius 1 is 0.891 bits per heavy atom. The number of sulfonamides is 1. The van der Waals surface area contributed by atoms with E-state index in [2.05, 4.69) is 9.71 Å². The first kappa shape index (κ1) is 31.6. The van der Waals surface area contributed by atoms with E-state index >= 15 is 0 Å². The van der Waals surface area contributed by atoms with Gasteiger partial charge in [-0.05, 0) is 55.5 Å². The molecule has 2 fully saturated rings. The summed E-state index contributed by atoms with van der Waals surface area (Å²) in [6, 6.07) is 19.7. The molecule has 2 heterocycles. The molecule has 0 spiro atoms. The molecule has 3 N–H and O–H groups in total. The summed E-state index contributed by atoms with van der Waals surface area (Å²) in [7, 11) is -3.96. The smallest absolute Gasteiger partial charge is 0.417 e. The second kappa shape index (κ2) is 12.4. The summed E-state index contributed by atoms with van der Waals surface area (Å²) < 4.78 is 70.2. The highest BCUT2D eigenvalue weighted by molar-refractivity contribution is 7.89. The molecule has 0 radical (unpaired) electrons. The molecule has 6 rings (SSSR count). The molecule has 1 saturated carbocycles. The number of carboxylic acid groups (broad SMARTS) is 1. The van der Waals surface area contributed by atoms with Crippen LogP contribution in [-0.4, -0.2) is 66.0 Å². The zero-order valence-electron chi connectivity index (χ0n) is 24.7. The number of benzene rings is 3. The maximum atomic E-state index is 13.7. The molecule has 1 atom stereocenters. The van der Waals surface area contributed by atoms with Gasteiger partial charge in [-0.2, -0.15) is 13.2 Å². The molecular formula is C33H33F3N4O5S. The maximum absolute atomic E-state index is 13.7. The third kappa shape index (κ3) is 6.47. The van der Waals surface area contributed by atoms with E-state index in [1.165, 1.54) is 35.2 Å². The number of hydrogen-bond donors (Lipinski definition) is 3. The minimum atomic E-state index is -4.55. The van der Waals surface area contributed by atoms with E-state index < -0.39 is 39.9 Å². The number of H-pyrrole nitrogens is 1. The number of alkyl halides is 3. The molecule has 46 heavy (non-hydrogen) atoms. The zero-order valence-corrected chi connectivity index (χ0v) is 25.5. The second-order valence-corrected chi connectivity index (χ2v) is 13.5. The lowest BCUT2D eigenvalue weighted by molar-refractivity contribution is -0.141. The van der Waals surface area contributed by atoms with Gasteiger partial charge in [0.25, 0.3) is 0 Å². The Balaban J connectivity index is 1.12. The van der Waals surface area contributed by atoms with Crippen LogP contribution in [0.2, 0.25) is 0 Å². The van der Waals surface area contributed by atoms with Gasteiger partial charge in [-0.25, -0.2) is 17.9 Å². The Hall–Kier alpha value is -4.36. The number of aromatic nitrogens is 1. The fraction of sp³-hybridized carbons (Fsp3) is 0.333. The lowest BCUT2D eigenvalue weighted by Gasteiger charge is -2.43. The summed E-state index contributed by atoms with van der Waals surface area (Å²) in [6.45, 7) is 0.685. The average Bonchev–Trinajstić information content (AvgIpc) is 3.48. The van der Waals surface area contributed by atoms with Crippen molar-refractivity contribution in [2.24, 2.45) is 5.92 Å². The SMILES string of the molecule is O=C(O)N1CCN(C(=O)C2CCC(NS(=O)(=O)c3ccc4cc(-c5ccccc5C(F)(F)F)[nH]c4c3)CC2)C(c2ccccc2)C1. The topological polar surface area (TPSA) is 123 Å². The number of nitrogens with zero attached hydrogens (tertiary/aromatic N) is 2. The van der Waals surface area contributed by atoms with Crippen molar-refractivity contribution in [3.8, 4) is 11.3 Å². The van der Waals surface area contributed by atoms with E-state index in [4.69, 9.17) is 0 Å². The van der Waals surface area contributed by atoms with Crippen LogP contribution in [0, 0.1) is 5.92 Å². The molecule has 13 heteroatoms. The van der Waals surface area contributed by atoms with E-state index in [1.54, 1.807) is 17.0 Å². The van der Waals surface area contributed by atoms with Crippen LogP contribution in [0.15, 0.2) is 83.8 Å². The second-order valence-electron chi connectivity index (χ2n) is 11.8. The standard InChI is InChI=1S/C33H33F3N4O5S/c34-33(35,36)27-9-5-4-8-26(27)29-18-23-12-15-25(19-28(23)37-29)46(44,45)38-24-13-10-22(11-14-24)31(41)40-17-16-39(32(42)43)20-30(40)21-6-2-1-3-7-21/h1-9,12,15,18-19,22,24,30,37-38H,10-11,13-14,16-17,20H2,(H,42,43). The van der Waals surface area contributed by atoms with Crippen molar-refractivity contribution in [1.29, 1.82) is 0 Å². The largest absolute Gasteiger partial charge is 0.465 e. The summed E-state index contributed by atoms with van der Waals surface area (Å²) in [5, 5.41) is 10.1. The van der Waals surface area contributed by atoms with E-state index in [0.29, 0.717) is 36.6 Å². The van der Waals surface area contributed by atoms with Gasteiger partial charge in [0.1, 0.15) is 0 Å². The van der Waals surface area contributed by atoms with Gasteiger partial charge < -0.3 is 19.9 Å². The normalized spacial score (nSPS) is 21.0. The van der Waals surface area contributed by atoms with Crippen LogP contribution in [-0.2, 0) is 21.0 Å². The molecule has 3 aromatic carbocycles. The van der Waals surface area contributed by atoms with E-state index in [1.807, 2.05) is 30.3 Å². The lowest BCUT2D eigenvalue weighted by atomic mass is 9.85. The number of amides is 2. The molecule has 2 aliphatic rings. The third-order valence-corrected chi connectivity index (χ3v) is 10.5. The monoisotopic (exact) mass is 654 g/mol. The molecule has 1 aromatic heterocycles. The fourth-order valence-electron chi connectivity index (χ4n) is 6.54. The summed E-state index contributed by atoms with van der Waals surface area (Å²) in [5.74, 6) is -0.364. The molecule has 2 amide bonds. The van der Waals surface area contributed by atoms with Gasteiger partial charge in [-0.1, -0.05) is 54.6 Å². The average molecular weight is 655 g/mol. The Bertz CT molecular complexity index is 1850. The molecule has 9 nitrogen and oxygen atoms in total. The van der Waals surface area contributed by atoms with Gasteiger partial charge in [-0.3, -0.25) is 4.79 Å². The summed E-state index contributed by atoms with van der Waals surface area (Å²) in [4.78, 5) is 31.4. The summed E-state index contributed by atoms with van der Waals surface area (Å²) in [6.07, 6.45) is -3.72. The van der Waals surface area contributed by atoms with E-state index in [-0.39, 0.29) is 47.6 Å². The summed E-state index contributed by atoms with van der Waals surface area (Å²) in [5.41, 5.74) is 0.661. The van der Waals surface area contributed by atoms with Crippen LogP contribution in [0.25, 0.3) is 22.2 Å². The number of rotatable bonds is 6. The number of piperazine rings is 1. The molecule has 1 unspecified atom stereocenters. The van der Waals surface area contributed by atoms with Crippen molar-refractivity contribution in [3.05, 3.63) is 90.0 Å². The van der Waals surface area contributed by atoms with Crippen molar-refractivity contribution >= 4 is 32.9 Å². The lowest BCUT2D eigenvalue weighted by Crippen LogP contribution is -2.53. The Kier molecular flexibility index (Phi) is 8.55. The number of nitrogens with one attached hydrogen (secondary N) is 2. The Labute approximate surface area is 264 Å². The number of carbonyl (C=O) groups is 2. The van der Waals surface area contributed by atoms with E-state index in [9.17, 15) is 36.3 Å². The van der Waals surface area contributed by atoms with Crippen LogP contribution in [0.1, 0.15) is 42.9 Å². The molecule has 0 bridgehead atoms. The number of halogens is 3. The minimum absolute atomic E-state index is 0.0160. The first-order valence-electron chi connectivity index (χ1n) is 15.1. The third-order valence-electron chi connectivity index (χ3n) is 8.94. The van der Waals surface area contributed by atoms with Gasteiger partial charge in [0, 0.05) is 53.8 Å². The highest BCUT2D eigenvalue weighted by Gasteiger charge is 2.38. The van der Waals surface area contributed by atoms with Crippen molar-refractivity contribution in [2.45, 2.75) is 48.8 Å². The number of fused-ring (bicyclic) bond motifs is 1. The van der Waals surface area contributed by atoms with Gasteiger partial charge in [-0.15, -0.1) is 0 Å².